The van der Waals surface area contributed by atoms with E-state index in [1.807, 2.05) is 13.8 Å². The van der Waals surface area contributed by atoms with Crippen molar-refractivity contribution in [2.24, 2.45) is 0 Å². The molecule has 3 rings (SSSR count). The molecule has 0 aliphatic carbocycles. The zero-order chi connectivity index (χ0) is 28.6. The van der Waals surface area contributed by atoms with Gasteiger partial charge < -0.3 is 19.9 Å². The smallest absolute Gasteiger partial charge is 0.343 e. The van der Waals surface area contributed by atoms with Crippen LogP contribution in [0.2, 0.25) is 5.02 Å². The number of nitrogens with one attached hydrogen (secondary N) is 1. The van der Waals surface area contributed by atoms with Gasteiger partial charge in [-0.1, -0.05) is 75.9 Å². The van der Waals surface area contributed by atoms with E-state index < -0.39 is 23.9 Å². The number of amides is 1. The van der Waals surface area contributed by atoms with Crippen LogP contribution in [-0.2, 0) is 11.2 Å². The van der Waals surface area contributed by atoms with Crippen LogP contribution < -0.4 is 14.8 Å². The Morgan fingerprint density at radius 1 is 0.872 bits per heavy atom. The lowest BCUT2D eigenvalue weighted by atomic mass is 10.1. The Kier molecular flexibility index (Phi) is 13.6. The number of carboxylic acid groups (broad SMARTS) is 1. The van der Waals surface area contributed by atoms with Crippen LogP contribution in [-0.4, -0.2) is 35.6 Å². The fraction of sp³-hybridized carbons (Fsp3) is 0.323. The summed E-state index contributed by atoms with van der Waals surface area (Å²) in [7, 11) is 0. The molecule has 208 valence electrons. The Bertz CT molecular complexity index is 1190. The second-order valence-corrected chi connectivity index (χ2v) is 8.92. The molecule has 0 spiro atoms. The molecule has 0 fully saturated rings. The van der Waals surface area contributed by atoms with E-state index in [1.54, 1.807) is 66.7 Å². The first-order valence-corrected chi connectivity index (χ1v) is 13.6. The summed E-state index contributed by atoms with van der Waals surface area (Å²) in [4.78, 5) is 36.7. The largest absolute Gasteiger partial charge is 0.494 e. The van der Waals surface area contributed by atoms with Gasteiger partial charge in [0, 0.05) is 6.42 Å². The lowest BCUT2D eigenvalue weighted by Gasteiger charge is -2.15. The number of carbonyl (C=O) groups excluding carboxylic acids is 2. The Labute approximate surface area is 235 Å². The van der Waals surface area contributed by atoms with E-state index in [9.17, 15) is 19.5 Å². The van der Waals surface area contributed by atoms with E-state index >= 15 is 0 Å². The molecule has 7 nitrogen and oxygen atoms in total. The fourth-order valence-corrected chi connectivity index (χ4v) is 3.80. The number of ether oxygens (including phenoxy) is 2. The summed E-state index contributed by atoms with van der Waals surface area (Å²) in [6.45, 7) is 6.80. The number of benzene rings is 3. The van der Waals surface area contributed by atoms with Gasteiger partial charge in [-0.3, -0.25) is 4.79 Å². The van der Waals surface area contributed by atoms with Gasteiger partial charge in [0.25, 0.3) is 5.91 Å². The van der Waals surface area contributed by atoms with Crippen molar-refractivity contribution in [2.75, 3.05) is 6.61 Å². The van der Waals surface area contributed by atoms with Crippen LogP contribution in [0.5, 0.6) is 11.5 Å². The first-order chi connectivity index (χ1) is 18.9. The Morgan fingerprint density at radius 3 is 2.13 bits per heavy atom. The molecule has 0 saturated heterocycles. The first kappa shape index (κ1) is 31.4. The molecule has 0 saturated carbocycles. The molecular weight excluding hydrogens is 518 g/mol. The van der Waals surface area contributed by atoms with Gasteiger partial charge in [-0.15, -0.1) is 0 Å². The summed E-state index contributed by atoms with van der Waals surface area (Å²) in [5, 5.41) is 12.3. The van der Waals surface area contributed by atoms with Gasteiger partial charge in [-0.25, -0.2) is 9.59 Å². The quantitative estimate of drug-likeness (QED) is 0.135. The fourth-order valence-electron chi connectivity index (χ4n) is 3.58. The number of unbranched alkanes of at least 4 members (excludes halogenated alkanes) is 3. The Morgan fingerprint density at radius 2 is 1.51 bits per heavy atom. The highest BCUT2D eigenvalue weighted by molar-refractivity contribution is 6.33. The second-order valence-electron chi connectivity index (χ2n) is 8.52. The molecule has 0 aromatic heterocycles. The van der Waals surface area contributed by atoms with Crippen LogP contribution in [0.4, 0.5) is 0 Å². The third-order valence-electron chi connectivity index (χ3n) is 5.65. The SMILES string of the molecule is CC.CCCCCCOc1ccc(C(=O)Oc2ccc(CC(NC(=O)c3ccccc3Cl)C(=O)O)cc2)cc1. The summed E-state index contributed by atoms with van der Waals surface area (Å²) in [6.07, 6.45) is 4.53. The van der Waals surface area contributed by atoms with E-state index in [-0.39, 0.29) is 17.0 Å². The highest BCUT2D eigenvalue weighted by Crippen LogP contribution is 2.19. The molecule has 1 amide bonds. The number of hydrogen-bond acceptors (Lipinski definition) is 5. The minimum absolute atomic E-state index is 0.0413. The van der Waals surface area contributed by atoms with Crippen molar-refractivity contribution in [3.05, 3.63) is 94.5 Å². The van der Waals surface area contributed by atoms with Crippen molar-refractivity contribution in [1.29, 1.82) is 0 Å². The standard InChI is InChI=1S/C29H30ClNO6.C2H6/c1-2-3-4-7-18-36-22-16-12-21(13-17-22)29(35)37-23-14-10-20(11-15-23)19-26(28(33)34)31-27(32)24-8-5-6-9-25(24)30;1-2/h5-6,8-17,26H,2-4,7,18-19H2,1H3,(H,31,32)(H,33,34);1-2H3. The Hall–Kier alpha value is -3.84. The van der Waals surface area contributed by atoms with Crippen molar-refractivity contribution < 1.29 is 29.0 Å². The third kappa shape index (κ3) is 10.4. The monoisotopic (exact) mass is 553 g/mol. The zero-order valence-corrected chi connectivity index (χ0v) is 23.4. The normalized spacial score (nSPS) is 11.0. The minimum Gasteiger partial charge on any atom is -0.494 e. The lowest BCUT2D eigenvalue weighted by Crippen LogP contribution is -2.42. The predicted octanol–water partition coefficient (Wildman–Crippen LogP) is 6.97. The number of hydrogen-bond donors (Lipinski definition) is 2. The molecule has 1 atom stereocenters. The summed E-state index contributed by atoms with van der Waals surface area (Å²) in [5.74, 6) is -1.25. The maximum Gasteiger partial charge on any atom is 0.343 e. The van der Waals surface area contributed by atoms with Crippen LogP contribution in [0.25, 0.3) is 0 Å². The Balaban J connectivity index is 0.00000260. The second kappa shape index (κ2) is 16.9. The number of esters is 1. The molecule has 39 heavy (non-hydrogen) atoms. The summed E-state index contributed by atoms with van der Waals surface area (Å²) in [6, 6.07) is 18.5. The van der Waals surface area contributed by atoms with E-state index in [0.29, 0.717) is 29.2 Å². The van der Waals surface area contributed by atoms with Crippen LogP contribution in [0.1, 0.15) is 72.7 Å². The summed E-state index contributed by atoms with van der Waals surface area (Å²) >= 11 is 6.03. The van der Waals surface area contributed by atoms with Gasteiger partial charge in [0.2, 0.25) is 0 Å². The number of rotatable bonds is 13. The van der Waals surface area contributed by atoms with Gasteiger partial charge in [-0.05, 0) is 60.5 Å². The lowest BCUT2D eigenvalue weighted by molar-refractivity contribution is -0.139. The molecule has 3 aromatic carbocycles. The van der Waals surface area contributed by atoms with Crippen molar-refractivity contribution in [2.45, 2.75) is 58.9 Å². The summed E-state index contributed by atoms with van der Waals surface area (Å²) in [5.41, 5.74) is 1.23. The molecule has 3 aromatic rings. The van der Waals surface area contributed by atoms with E-state index in [4.69, 9.17) is 21.1 Å². The molecule has 0 aliphatic heterocycles. The minimum atomic E-state index is -1.18. The maximum atomic E-state index is 12.5. The van der Waals surface area contributed by atoms with Crippen LogP contribution in [0.15, 0.2) is 72.8 Å². The number of carboxylic acids is 1. The molecule has 0 bridgehead atoms. The summed E-state index contributed by atoms with van der Waals surface area (Å²) < 4.78 is 11.1. The molecule has 1 unspecified atom stereocenters. The van der Waals surface area contributed by atoms with Crippen LogP contribution in [0.3, 0.4) is 0 Å². The molecule has 0 radical (unpaired) electrons. The van der Waals surface area contributed by atoms with E-state index in [1.165, 1.54) is 18.9 Å². The van der Waals surface area contributed by atoms with Gasteiger partial charge in [-0.2, -0.15) is 0 Å². The van der Waals surface area contributed by atoms with E-state index in [0.717, 1.165) is 12.8 Å². The highest BCUT2D eigenvalue weighted by atomic mass is 35.5. The average molecular weight is 554 g/mol. The van der Waals surface area contributed by atoms with Gasteiger partial charge in [0.05, 0.1) is 22.8 Å². The maximum absolute atomic E-state index is 12.5. The van der Waals surface area contributed by atoms with Crippen molar-refractivity contribution in [3.8, 4) is 11.5 Å². The topological polar surface area (TPSA) is 102 Å². The van der Waals surface area contributed by atoms with Crippen LogP contribution >= 0.6 is 11.6 Å². The highest BCUT2D eigenvalue weighted by Gasteiger charge is 2.22. The zero-order valence-electron chi connectivity index (χ0n) is 22.6. The number of halogens is 1. The average Bonchev–Trinajstić information content (AvgIpc) is 2.95. The van der Waals surface area contributed by atoms with Crippen molar-refractivity contribution in [3.63, 3.8) is 0 Å². The van der Waals surface area contributed by atoms with Crippen molar-refractivity contribution in [1.82, 2.24) is 5.32 Å². The third-order valence-corrected chi connectivity index (χ3v) is 5.98. The number of carbonyl (C=O) groups is 3. The van der Waals surface area contributed by atoms with Crippen LogP contribution in [0, 0.1) is 0 Å². The first-order valence-electron chi connectivity index (χ1n) is 13.2. The molecular formula is C31H36ClNO6. The van der Waals surface area contributed by atoms with E-state index in [2.05, 4.69) is 12.2 Å². The van der Waals surface area contributed by atoms with Gasteiger partial charge >= 0.3 is 11.9 Å². The molecule has 0 heterocycles. The van der Waals surface area contributed by atoms with Crippen molar-refractivity contribution >= 4 is 29.4 Å². The molecule has 0 aliphatic rings. The molecule has 2 N–H and O–H groups in total. The van der Waals surface area contributed by atoms with Gasteiger partial charge in [0.1, 0.15) is 17.5 Å². The molecule has 8 heteroatoms. The predicted molar refractivity (Wildman–Crippen MR) is 153 cm³/mol. The van der Waals surface area contributed by atoms with Gasteiger partial charge in [0.15, 0.2) is 0 Å². The number of aliphatic carboxylic acids is 1.